The third-order valence-corrected chi connectivity index (χ3v) is 4.85. The largest absolute Gasteiger partial charge is 0.490 e. The average Bonchev–Trinajstić information content (AvgIpc) is 2.95. The minimum Gasteiger partial charge on any atom is -0.490 e. The van der Waals surface area contributed by atoms with Crippen LogP contribution >= 0.6 is 11.3 Å². The van der Waals surface area contributed by atoms with Crippen molar-refractivity contribution < 1.29 is 14.6 Å². The summed E-state index contributed by atoms with van der Waals surface area (Å²) in [7, 11) is 0. The van der Waals surface area contributed by atoms with Crippen molar-refractivity contribution in [2.75, 3.05) is 13.2 Å². The Hall–Kier alpha value is -2.38. The van der Waals surface area contributed by atoms with Crippen LogP contribution in [0.15, 0.2) is 40.8 Å². The molecule has 7 heteroatoms. The maximum absolute atomic E-state index is 12.4. The summed E-state index contributed by atoms with van der Waals surface area (Å²) in [6.45, 7) is 1.35. The summed E-state index contributed by atoms with van der Waals surface area (Å²) in [5.41, 5.74) is 1.23. The van der Waals surface area contributed by atoms with Gasteiger partial charge in [0.1, 0.15) is 4.70 Å². The number of aliphatic hydroxyl groups excluding tert-OH is 1. The first-order valence-electron chi connectivity index (χ1n) is 7.72. The quantitative estimate of drug-likeness (QED) is 0.789. The number of rotatable bonds is 3. The zero-order valence-corrected chi connectivity index (χ0v) is 13.7. The molecular formula is C17H16N2O4S. The molecule has 6 nitrogen and oxygen atoms in total. The summed E-state index contributed by atoms with van der Waals surface area (Å²) < 4.78 is 13.3. The predicted molar refractivity (Wildman–Crippen MR) is 90.9 cm³/mol. The number of fused-ring (bicyclic) bond motifs is 2. The number of aliphatic hydroxyl groups is 1. The van der Waals surface area contributed by atoms with Gasteiger partial charge in [-0.1, -0.05) is 6.07 Å². The van der Waals surface area contributed by atoms with E-state index in [-0.39, 0.29) is 12.1 Å². The van der Waals surface area contributed by atoms with Crippen LogP contribution in [0.3, 0.4) is 0 Å². The van der Waals surface area contributed by atoms with E-state index in [1.165, 1.54) is 22.2 Å². The molecule has 1 unspecified atom stereocenters. The Kier molecular flexibility index (Phi) is 3.95. The summed E-state index contributed by atoms with van der Waals surface area (Å²) in [4.78, 5) is 16.7. The van der Waals surface area contributed by atoms with Gasteiger partial charge in [0.2, 0.25) is 0 Å². The van der Waals surface area contributed by atoms with Crippen molar-refractivity contribution in [3.05, 3.63) is 51.9 Å². The van der Waals surface area contributed by atoms with Crippen molar-refractivity contribution in [2.45, 2.75) is 19.1 Å². The third-order valence-electron chi connectivity index (χ3n) is 3.96. The Morgan fingerprint density at radius 3 is 2.96 bits per heavy atom. The van der Waals surface area contributed by atoms with Crippen LogP contribution in [0.2, 0.25) is 0 Å². The summed E-state index contributed by atoms with van der Waals surface area (Å²) in [5.74, 6) is 1.31. The first kappa shape index (κ1) is 15.2. The highest BCUT2D eigenvalue weighted by Crippen LogP contribution is 2.32. The number of aromatic nitrogens is 2. The first-order valence-corrected chi connectivity index (χ1v) is 8.60. The molecule has 1 N–H and O–H groups in total. The molecule has 3 heterocycles. The maximum Gasteiger partial charge on any atom is 0.271 e. The van der Waals surface area contributed by atoms with Gasteiger partial charge < -0.3 is 14.6 Å². The van der Waals surface area contributed by atoms with Crippen LogP contribution < -0.4 is 15.0 Å². The fourth-order valence-corrected chi connectivity index (χ4v) is 3.48. The van der Waals surface area contributed by atoms with Crippen LogP contribution in [0, 0.1) is 0 Å². The molecule has 0 saturated heterocycles. The monoisotopic (exact) mass is 344 g/mol. The van der Waals surface area contributed by atoms with E-state index in [1.54, 1.807) is 18.2 Å². The fraction of sp³-hybridized carbons (Fsp3) is 0.294. The standard InChI is InChI=1S/C17H16N2O4S/c20-13(9-19-10-18-12-4-7-24-16(12)17(19)21)11-2-3-14-15(8-11)23-6-1-5-22-14/h2-4,7-8,10,13,20H,1,5-6,9H2. The normalized spacial score (nSPS) is 15.2. The molecule has 3 aromatic rings. The van der Waals surface area contributed by atoms with E-state index in [2.05, 4.69) is 4.98 Å². The van der Waals surface area contributed by atoms with Gasteiger partial charge in [-0.25, -0.2) is 4.98 Å². The van der Waals surface area contributed by atoms with Crippen molar-refractivity contribution >= 4 is 21.6 Å². The van der Waals surface area contributed by atoms with Crippen molar-refractivity contribution in [2.24, 2.45) is 0 Å². The van der Waals surface area contributed by atoms with Gasteiger partial charge in [0.15, 0.2) is 11.5 Å². The Morgan fingerprint density at radius 2 is 2.08 bits per heavy atom. The lowest BCUT2D eigenvalue weighted by atomic mass is 10.1. The van der Waals surface area contributed by atoms with Crippen molar-refractivity contribution in [1.29, 1.82) is 0 Å². The Bertz CT molecular complexity index is 934. The average molecular weight is 344 g/mol. The second kappa shape index (κ2) is 6.26. The minimum atomic E-state index is -0.834. The van der Waals surface area contributed by atoms with Gasteiger partial charge in [-0.15, -0.1) is 11.3 Å². The lowest BCUT2D eigenvalue weighted by Crippen LogP contribution is -2.23. The molecule has 4 rings (SSSR count). The maximum atomic E-state index is 12.4. The van der Waals surface area contributed by atoms with Crippen LogP contribution in [0.25, 0.3) is 10.2 Å². The molecule has 0 fully saturated rings. The number of benzene rings is 1. The van der Waals surface area contributed by atoms with E-state index in [0.717, 1.165) is 6.42 Å². The van der Waals surface area contributed by atoms with Gasteiger partial charge in [-0.2, -0.15) is 0 Å². The minimum absolute atomic E-state index is 0.136. The van der Waals surface area contributed by atoms with Crippen LogP contribution in [0.4, 0.5) is 0 Å². The second-order valence-electron chi connectivity index (χ2n) is 5.61. The number of hydrogen-bond donors (Lipinski definition) is 1. The lowest BCUT2D eigenvalue weighted by Gasteiger charge is -2.15. The van der Waals surface area contributed by atoms with Crippen molar-refractivity contribution in [1.82, 2.24) is 9.55 Å². The molecule has 0 saturated carbocycles. The second-order valence-corrected chi connectivity index (χ2v) is 6.53. The lowest BCUT2D eigenvalue weighted by molar-refractivity contribution is 0.154. The molecule has 1 aromatic carbocycles. The highest BCUT2D eigenvalue weighted by molar-refractivity contribution is 7.17. The zero-order valence-electron chi connectivity index (χ0n) is 12.8. The van der Waals surface area contributed by atoms with Crippen LogP contribution in [-0.2, 0) is 6.54 Å². The van der Waals surface area contributed by atoms with Gasteiger partial charge in [-0.3, -0.25) is 9.36 Å². The van der Waals surface area contributed by atoms with Crippen LogP contribution in [0.5, 0.6) is 11.5 Å². The van der Waals surface area contributed by atoms with Gasteiger partial charge in [0, 0.05) is 6.42 Å². The highest BCUT2D eigenvalue weighted by Gasteiger charge is 2.16. The predicted octanol–water partition coefficient (Wildman–Crippen LogP) is 2.35. The fourth-order valence-electron chi connectivity index (χ4n) is 2.69. The van der Waals surface area contributed by atoms with Crippen LogP contribution in [-0.4, -0.2) is 27.9 Å². The molecule has 0 amide bonds. The molecule has 1 aliphatic heterocycles. The van der Waals surface area contributed by atoms with Gasteiger partial charge in [0.05, 0.1) is 37.7 Å². The smallest absolute Gasteiger partial charge is 0.271 e. The SMILES string of the molecule is O=c1c2sccc2ncn1CC(O)c1ccc2c(c1)OCCCO2. The van der Waals surface area contributed by atoms with Crippen molar-refractivity contribution in [3.63, 3.8) is 0 Å². The number of ether oxygens (including phenoxy) is 2. The van der Waals surface area contributed by atoms with E-state index in [1.807, 2.05) is 11.4 Å². The number of nitrogens with zero attached hydrogens (tertiary/aromatic N) is 2. The van der Waals surface area contributed by atoms with E-state index >= 15 is 0 Å². The van der Waals surface area contributed by atoms with Gasteiger partial charge >= 0.3 is 0 Å². The molecule has 1 atom stereocenters. The first-order chi connectivity index (χ1) is 11.7. The topological polar surface area (TPSA) is 73.6 Å². The molecule has 0 radical (unpaired) electrons. The molecule has 0 spiro atoms. The summed E-state index contributed by atoms with van der Waals surface area (Å²) in [6, 6.07) is 7.17. The van der Waals surface area contributed by atoms with Gasteiger partial charge in [0.25, 0.3) is 5.56 Å². The van der Waals surface area contributed by atoms with E-state index in [0.29, 0.717) is 40.5 Å². The molecule has 0 aliphatic carbocycles. The summed E-state index contributed by atoms with van der Waals surface area (Å²) in [5, 5.41) is 12.3. The van der Waals surface area contributed by atoms with Crippen molar-refractivity contribution in [3.8, 4) is 11.5 Å². The van der Waals surface area contributed by atoms with E-state index in [9.17, 15) is 9.90 Å². The van der Waals surface area contributed by atoms with Gasteiger partial charge in [-0.05, 0) is 29.1 Å². The van der Waals surface area contributed by atoms with E-state index < -0.39 is 6.10 Å². The Balaban J connectivity index is 1.61. The summed E-state index contributed by atoms with van der Waals surface area (Å²) in [6.07, 6.45) is 1.47. The Labute approximate surface area is 141 Å². The zero-order chi connectivity index (χ0) is 16.5. The molecular weight excluding hydrogens is 328 g/mol. The third kappa shape index (κ3) is 2.76. The van der Waals surface area contributed by atoms with Crippen LogP contribution in [0.1, 0.15) is 18.1 Å². The summed E-state index contributed by atoms with van der Waals surface area (Å²) >= 11 is 1.36. The van der Waals surface area contributed by atoms with E-state index in [4.69, 9.17) is 9.47 Å². The number of hydrogen-bond acceptors (Lipinski definition) is 6. The highest BCUT2D eigenvalue weighted by atomic mass is 32.1. The molecule has 24 heavy (non-hydrogen) atoms. The Morgan fingerprint density at radius 1 is 1.25 bits per heavy atom. The molecule has 0 bridgehead atoms. The molecule has 2 aromatic heterocycles. The molecule has 1 aliphatic rings. The number of thiophene rings is 1. The molecule has 124 valence electrons.